The quantitative estimate of drug-likeness (QED) is 0.587. The molecule has 0 spiro atoms. The molecule has 0 bridgehead atoms. The van der Waals surface area contributed by atoms with Gasteiger partial charge in [-0.2, -0.15) is 5.10 Å². The van der Waals surface area contributed by atoms with Gasteiger partial charge in [-0.1, -0.05) is 18.2 Å². The molecular formula is C22H18N6O. The third kappa shape index (κ3) is 2.87. The van der Waals surface area contributed by atoms with E-state index in [1.807, 2.05) is 48.1 Å². The van der Waals surface area contributed by atoms with E-state index >= 15 is 0 Å². The Morgan fingerprint density at radius 3 is 2.62 bits per heavy atom. The number of pyridine rings is 1. The molecule has 1 aromatic carbocycles. The van der Waals surface area contributed by atoms with E-state index in [0.717, 1.165) is 52.4 Å². The van der Waals surface area contributed by atoms with E-state index < -0.39 is 5.91 Å². The number of fused-ring (bicyclic) bond motifs is 3. The fourth-order valence-electron chi connectivity index (χ4n) is 3.76. The van der Waals surface area contributed by atoms with Gasteiger partial charge in [-0.15, -0.1) is 0 Å². The number of benzene rings is 1. The molecule has 7 nitrogen and oxygen atoms in total. The largest absolute Gasteiger partial charge is 0.366 e. The highest BCUT2D eigenvalue weighted by molar-refractivity contribution is 5.93. The molecule has 0 aliphatic heterocycles. The average Bonchev–Trinajstić information content (AvgIpc) is 3.11. The van der Waals surface area contributed by atoms with Gasteiger partial charge in [-0.25, -0.2) is 19.6 Å². The molecule has 0 saturated carbocycles. The number of aromatic nitrogens is 5. The minimum Gasteiger partial charge on any atom is -0.366 e. The molecule has 0 saturated heterocycles. The van der Waals surface area contributed by atoms with Gasteiger partial charge in [0.05, 0.1) is 17.1 Å². The molecule has 2 N–H and O–H groups in total. The number of primary amides is 1. The van der Waals surface area contributed by atoms with Crippen LogP contribution in [0.25, 0.3) is 28.5 Å². The summed E-state index contributed by atoms with van der Waals surface area (Å²) in [4.78, 5) is 25.2. The molecule has 4 aromatic rings. The maximum absolute atomic E-state index is 11.3. The standard InChI is InChI=1S/C22H18N6O/c1-13-19-17(28(27-13)18-4-2-3-11-24-18)10-9-16-12-25-22(26-20(16)19)15-7-5-14(6-8-15)21(23)29/h2-8,11-12H,9-10H2,1H3,(H2,23,29). The zero-order chi connectivity index (χ0) is 20.0. The van der Waals surface area contributed by atoms with Gasteiger partial charge >= 0.3 is 0 Å². The first-order valence-corrected chi connectivity index (χ1v) is 9.38. The highest BCUT2D eigenvalue weighted by atomic mass is 16.1. The van der Waals surface area contributed by atoms with Gasteiger partial charge in [0.25, 0.3) is 0 Å². The molecule has 0 atom stereocenters. The maximum atomic E-state index is 11.3. The van der Waals surface area contributed by atoms with Crippen molar-refractivity contribution >= 4 is 5.91 Å². The summed E-state index contributed by atoms with van der Waals surface area (Å²) in [5.41, 5.74) is 11.7. The second-order valence-electron chi connectivity index (χ2n) is 7.02. The van der Waals surface area contributed by atoms with Crippen LogP contribution in [0.4, 0.5) is 0 Å². The molecule has 1 amide bonds. The van der Waals surface area contributed by atoms with Crippen LogP contribution in [0.1, 0.15) is 27.3 Å². The van der Waals surface area contributed by atoms with E-state index in [9.17, 15) is 4.79 Å². The molecule has 3 heterocycles. The zero-order valence-electron chi connectivity index (χ0n) is 15.8. The third-order valence-electron chi connectivity index (χ3n) is 5.18. The summed E-state index contributed by atoms with van der Waals surface area (Å²) in [6.07, 6.45) is 5.36. The van der Waals surface area contributed by atoms with Crippen LogP contribution < -0.4 is 5.73 Å². The van der Waals surface area contributed by atoms with Crippen LogP contribution in [0.3, 0.4) is 0 Å². The van der Waals surface area contributed by atoms with Gasteiger partial charge in [0.2, 0.25) is 5.91 Å². The van der Waals surface area contributed by atoms with Crippen LogP contribution in [-0.2, 0) is 12.8 Å². The van der Waals surface area contributed by atoms with Crippen molar-refractivity contribution in [2.24, 2.45) is 5.73 Å². The summed E-state index contributed by atoms with van der Waals surface area (Å²) in [6.45, 7) is 2.00. The van der Waals surface area contributed by atoms with E-state index in [2.05, 4.69) is 9.97 Å². The number of carbonyl (C=O) groups excluding carboxylic acids is 1. The van der Waals surface area contributed by atoms with Crippen molar-refractivity contribution in [2.45, 2.75) is 19.8 Å². The molecule has 3 aromatic heterocycles. The Hall–Kier alpha value is -3.87. The van der Waals surface area contributed by atoms with E-state index in [1.54, 1.807) is 18.3 Å². The Kier molecular flexibility index (Phi) is 3.94. The van der Waals surface area contributed by atoms with Crippen LogP contribution in [0, 0.1) is 6.92 Å². The Labute approximate surface area is 167 Å². The first kappa shape index (κ1) is 17.2. The second kappa shape index (κ2) is 6.63. The van der Waals surface area contributed by atoms with Gasteiger partial charge in [0.15, 0.2) is 11.6 Å². The molecule has 1 aliphatic carbocycles. The lowest BCUT2D eigenvalue weighted by Crippen LogP contribution is -2.12. The first-order valence-electron chi connectivity index (χ1n) is 9.38. The fraction of sp³-hybridized carbons (Fsp3) is 0.136. The molecular weight excluding hydrogens is 364 g/mol. The van der Waals surface area contributed by atoms with Crippen molar-refractivity contribution < 1.29 is 4.79 Å². The molecule has 0 radical (unpaired) electrons. The lowest BCUT2D eigenvalue weighted by atomic mass is 9.93. The molecule has 142 valence electrons. The SMILES string of the molecule is Cc1nn(-c2ccccn2)c2c1-c1nc(-c3ccc(C(N)=O)cc3)ncc1CC2. The number of aryl methyl sites for hydroxylation is 2. The Bertz CT molecular complexity index is 1230. The van der Waals surface area contributed by atoms with Gasteiger partial charge < -0.3 is 5.73 Å². The van der Waals surface area contributed by atoms with Crippen LogP contribution >= 0.6 is 0 Å². The number of nitrogens with zero attached hydrogens (tertiary/aromatic N) is 5. The second-order valence-corrected chi connectivity index (χ2v) is 7.02. The summed E-state index contributed by atoms with van der Waals surface area (Å²) in [5.74, 6) is 0.958. The molecule has 1 aliphatic rings. The van der Waals surface area contributed by atoms with Gasteiger partial charge in [-0.3, -0.25) is 4.79 Å². The predicted molar refractivity (Wildman–Crippen MR) is 108 cm³/mol. The molecule has 5 rings (SSSR count). The van der Waals surface area contributed by atoms with Gasteiger partial charge in [0.1, 0.15) is 0 Å². The fourth-order valence-corrected chi connectivity index (χ4v) is 3.76. The van der Waals surface area contributed by atoms with Crippen molar-refractivity contribution in [3.05, 3.63) is 77.4 Å². The summed E-state index contributed by atoms with van der Waals surface area (Å²) < 4.78 is 1.91. The van der Waals surface area contributed by atoms with Crippen LogP contribution in [-0.4, -0.2) is 30.6 Å². The van der Waals surface area contributed by atoms with Crippen molar-refractivity contribution in [1.29, 1.82) is 0 Å². The monoisotopic (exact) mass is 382 g/mol. The Morgan fingerprint density at radius 2 is 1.90 bits per heavy atom. The molecule has 29 heavy (non-hydrogen) atoms. The van der Waals surface area contributed by atoms with Gasteiger partial charge in [-0.05, 0) is 49.6 Å². The zero-order valence-corrected chi connectivity index (χ0v) is 15.8. The normalized spacial score (nSPS) is 12.3. The van der Waals surface area contributed by atoms with Gasteiger partial charge in [0, 0.05) is 29.1 Å². The van der Waals surface area contributed by atoms with E-state index in [-0.39, 0.29) is 0 Å². The lowest BCUT2D eigenvalue weighted by molar-refractivity contribution is 0.100. The Balaban J connectivity index is 1.62. The van der Waals surface area contributed by atoms with Crippen molar-refractivity contribution in [2.75, 3.05) is 0 Å². The van der Waals surface area contributed by atoms with Crippen LogP contribution in [0.5, 0.6) is 0 Å². The third-order valence-corrected chi connectivity index (χ3v) is 5.18. The van der Waals surface area contributed by atoms with Crippen molar-refractivity contribution in [3.63, 3.8) is 0 Å². The number of hydrogen-bond acceptors (Lipinski definition) is 5. The highest BCUT2D eigenvalue weighted by Crippen LogP contribution is 2.36. The predicted octanol–water partition coefficient (Wildman–Crippen LogP) is 2.90. The van der Waals surface area contributed by atoms with E-state index in [4.69, 9.17) is 15.8 Å². The number of carbonyl (C=O) groups is 1. The molecule has 7 heteroatoms. The topological polar surface area (TPSA) is 99.6 Å². The summed E-state index contributed by atoms with van der Waals surface area (Å²) in [6, 6.07) is 12.8. The molecule has 0 unspecified atom stereocenters. The van der Waals surface area contributed by atoms with Crippen molar-refractivity contribution in [1.82, 2.24) is 24.7 Å². The number of hydrogen-bond donors (Lipinski definition) is 1. The first-order chi connectivity index (χ1) is 14.1. The highest BCUT2D eigenvalue weighted by Gasteiger charge is 2.26. The van der Waals surface area contributed by atoms with Crippen molar-refractivity contribution in [3.8, 4) is 28.5 Å². The number of rotatable bonds is 3. The number of amides is 1. The average molecular weight is 382 g/mol. The smallest absolute Gasteiger partial charge is 0.248 e. The van der Waals surface area contributed by atoms with Crippen LogP contribution in [0.15, 0.2) is 54.9 Å². The van der Waals surface area contributed by atoms with E-state index in [0.29, 0.717) is 11.4 Å². The summed E-state index contributed by atoms with van der Waals surface area (Å²) >= 11 is 0. The minimum absolute atomic E-state index is 0.454. The van der Waals surface area contributed by atoms with Crippen LogP contribution in [0.2, 0.25) is 0 Å². The lowest BCUT2D eigenvalue weighted by Gasteiger charge is -2.17. The summed E-state index contributed by atoms with van der Waals surface area (Å²) in [5, 5.41) is 4.74. The number of nitrogens with two attached hydrogens (primary N) is 1. The summed E-state index contributed by atoms with van der Waals surface area (Å²) in [7, 11) is 0. The van der Waals surface area contributed by atoms with E-state index in [1.165, 1.54) is 0 Å². The minimum atomic E-state index is -0.454. The Morgan fingerprint density at radius 1 is 1.07 bits per heavy atom. The molecule has 0 fully saturated rings. The maximum Gasteiger partial charge on any atom is 0.248 e.